The van der Waals surface area contributed by atoms with Crippen LogP contribution in [0.4, 0.5) is 15.3 Å². The number of anilines is 1. The Labute approximate surface area is 130 Å². The minimum absolute atomic E-state index is 0.229. The van der Waals surface area contributed by atoms with Crippen LogP contribution >= 0.6 is 0 Å². The molecular weight excluding hydrogens is 284 g/mol. The molecule has 4 amide bonds. The van der Waals surface area contributed by atoms with Crippen LogP contribution in [0.2, 0.25) is 0 Å². The van der Waals surface area contributed by atoms with Crippen LogP contribution in [0.5, 0.6) is 5.75 Å². The lowest BCUT2D eigenvalue weighted by molar-refractivity contribution is 0.149. The number of amides is 4. The van der Waals surface area contributed by atoms with Crippen molar-refractivity contribution in [2.24, 2.45) is 0 Å². The van der Waals surface area contributed by atoms with E-state index in [2.05, 4.69) is 4.90 Å². The molecule has 1 fully saturated rings. The molecule has 1 aliphatic rings. The molecule has 7 nitrogen and oxygen atoms in total. The molecule has 0 saturated carbocycles. The number of hydrogen-bond donors (Lipinski definition) is 1. The van der Waals surface area contributed by atoms with Gasteiger partial charge in [0, 0.05) is 59.1 Å². The van der Waals surface area contributed by atoms with Gasteiger partial charge < -0.3 is 19.8 Å². The van der Waals surface area contributed by atoms with Crippen molar-refractivity contribution in [1.29, 1.82) is 0 Å². The molecule has 1 aromatic carbocycles. The number of phenolic OH excluding ortho intramolecular Hbond substituents is 1. The summed E-state index contributed by atoms with van der Waals surface area (Å²) >= 11 is 0. The second-order valence-electron chi connectivity index (χ2n) is 5.51. The molecule has 0 spiro atoms. The van der Waals surface area contributed by atoms with Crippen LogP contribution in [0.15, 0.2) is 24.3 Å². The first kappa shape index (κ1) is 15.9. The zero-order valence-electron chi connectivity index (χ0n) is 13.2. The summed E-state index contributed by atoms with van der Waals surface area (Å²) < 4.78 is 0. The van der Waals surface area contributed by atoms with E-state index in [4.69, 9.17) is 0 Å². The topological polar surface area (TPSA) is 67.3 Å². The summed E-state index contributed by atoms with van der Waals surface area (Å²) in [5, 5.41) is 9.53. The first-order valence-corrected chi connectivity index (χ1v) is 7.18. The van der Waals surface area contributed by atoms with E-state index in [1.807, 2.05) is 6.07 Å². The molecule has 120 valence electrons. The van der Waals surface area contributed by atoms with Crippen LogP contribution in [0.3, 0.4) is 0 Å². The van der Waals surface area contributed by atoms with Crippen molar-refractivity contribution in [3.05, 3.63) is 24.3 Å². The number of rotatable bonds is 1. The lowest BCUT2D eigenvalue weighted by Gasteiger charge is -2.37. The second kappa shape index (κ2) is 6.55. The molecule has 2 rings (SSSR count). The molecule has 1 N–H and O–H groups in total. The van der Waals surface area contributed by atoms with E-state index in [1.165, 1.54) is 11.9 Å². The number of benzene rings is 1. The van der Waals surface area contributed by atoms with E-state index in [1.54, 1.807) is 37.2 Å². The largest absolute Gasteiger partial charge is 0.508 e. The Balaban J connectivity index is 1.94. The third kappa shape index (κ3) is 3.41. The lowest BCUT2D eigenvalue weighted by atomic mass is 10.2. The van der Waals surface area contributed by atoms with Crippen LogP contribution in [0.25, 0.3) is 0 Å². The molecular formula is C15H22N4O3. The number of hydrogen-bond acceptors (Lipinski definition) is 4. The maximum absolute atomic E-state index is 12.3. The molecule has 0 aliphatic carbocycles. The maximum atomic E-state index is 12.3. The van der Waals surface area contributed by atoms with Crippen LogP contribution < -0.4 is 4.90 Å². The van der Waals surface area contributed by atoms with E-state index >= 15 is 0 Å². The van der Waals surface area contributed by atoms with Gasteiger partial charge in [0.05, 0.1) is 0 Å². The Morgan fingerprint density at radius 2 is 1.73 bits per heavy atom. The molecule has 1 aliphatic heterocycles. The zero-order valence-corrected chi connectivity index (χ0v) is 13.2. The standard InChI is InChI=1S/C15H22N4O3/c1-16(2)14(21)17(3)15(22)19-9-7-18(8-10-19)12-5-4-6-13(20)11-12/h4-6,11,20H,7-10H2,1-3H3. The summed E-state index contributed by atoms with van der Waals surface area (Å²) in [5.41, 5.74) is 0.935. The fraction of sp³-hybridized carbons (Fsp3) is 0.467. The quantitative estimate of drug-likeness (QED) is 0.848. The normalized spacial score (nSPS) is 14.7. The summed E-state index contributed by atoms with van der Waals surface area (Å²) in [4.78, 5) is 30.4. The first-order valence-electron chi connectivity index (χ1n) is 7.18. The number of carbonyl (C=O) groups is 2. The number of carbonyl (C=O) groups excluding carboxylic acids is 2. The Hall–Kier alpha value is -2.44. The van der Waals surface area contributed by atoms with Gasteiger partial charge in [0.2, 0.25) is 0 Å². The molecule has 0 unspecified atom stereocenters. The summed E-state index contributed by atoms with van der Waals surface area (Å²) in [6.07, 6.45) is 0. The molecule has 0 aromatic heterocycles. The first-order chi connectivity index (χ1) is 10.4. The fourth-order valence-electron chi connectivity index (χ4n) is 2.44. The minimum atomic E-state index is -0.333. The van der Waals surface area contributed by atoms with Crippen molar-refractivity contribution in [3.8, 4) is 5.75 Å². The van der Waals surface area contributed by atoms with Crippen LogP contribution in [0, 0.1) is 0 Å². The predicted octanol–water partition coefficient (Wildman–Crippen LogP) is 1.25. The van der Waals surface area contributed by atoms with Gasteiger partial charge in [-0.2, -0.15) is 0 Å². The number of nitrogens with zero attached hydrogens (tertiary/aromatic N) is 4. The Bertz CT molecular complexity index is 553. The molecule has 7 heteroatoms. The van der Waals surface area contributed by atoms with Gasteiger partial charge in [-0.15, -0.1) is 0 Å². The van der Waals surface area contributed by atoms with Crippen molar-refractivity contribution in [2.75, 3.05) is 52.2 Å². The second-order valence-corrected chi connectivity index (χ2v) is 5.51. The highest BCUT2D eigenvalue weighted by molar-refractivity contribution is 5.93. The molecule has 1 aromatic rings. The zero-order chi connectivity index (χ0) is 16.3. The third-order valence-electron chi connectivity index (χ3n) is 3.70. The predicted molar refractivity (Wildman–Crippen MR) is 84.1 cm³/mol. The number of aromatic hydroxyl groups is 1. The number of imide groups is 1. The average molecular weight is 306 g/mol. The van der Waals surface area contributed by atoms with Gasteiger partial charge in [0.1, 0.15) is 5.75 Å². The number of piperazine rings is 1. The van der Waals surface area contributed by atoms with Gasteiger partial charge in [-0.05, 0) is 12.1 Å². The lowest BCUT2D eigenvalue weighted by Crippen LogP contribution is -2.54. The van der Waals surface area contributed by atoms with E-state index < -0.39 is 0 Å². The molecule has 0 bridgehead atoms. The van der Waals surface area contributed by atoms with E-state index in [0.717, 1.165) is 10.6 Å². The van der Waals surface area contributed by atoms with Gasteiger partial charge in [0.15, 0.2) is 0 Å². The van der Waals surface area contributed by atoms with Crippen LogP contribution in [0.1, 0.15) is 0 Å². The van der Waals surface area contributed by atoms with Crippen LogP contribution in [-0.4, -0.2) is 79.2 Å². The van der Waals surface area contributed by atoms with Crippen molar-refractivity contribution in [3.63, 3.8) is 0 Å². The minimum Gasteiger partial charge on any atom is -0.508 e. The van der Waals surface area contributed by atoms with Gasteiger partial charge in [-0.1, -0.05) is 6.07 Å². The van der Waals surface area contributed by atoms with Gasteiger partial charge in [-0.25, -0.2) is 14.5 Å². The summed E-state index contributed by atoms with van der Waals surface area (Å²) in [7, 11) is 4.73. The SMILES string of the molecule is CN(C)C(=O)N(C)C(=O)N1CCN(c2cccc(O)c2)CC1. The van der Waals surface area contributed by atoms with Gasteiger partial charge >= 0.3 is 12.1 Å². The van der Waals surface area contributed by atoms with Crippen molar-refractivity contribution in [2.45, 2.75) is 0 Å². The maximum Gasteiger partial charge on any atom is 0.328 e. The summed E-state index contributed by atoms with van der Waals surface area (Å²) in [5.74, 6) is 0.229. The molecule has 1 saturated heterocycles. The monoisotopic (exact) mass is 306 g/mol. The van der Waals surface area contributed by atoms with E-state index in [-0.39, 0.29) is 17.8 Å². The van der Waals surface area contributed by atoms with Crippen molar-refractivity contribution in [1.82, 2.24) is 14.7 Å². The number of phenols is 1. The molecule has 0 atom stereocenters. The Morgan fingerprint density at radius 3 is 2.27 bits per heavy atom. The summed E-state index contributed by atoms with van der Waals surface area (Å²) in [6.45, 7) is 2.41. The molecule has 22 heavy (non-hydrogen) atoms. The fourth-order valence-corrected chi connectivity index (χ4v) is 2.44. The average Bonchev–Trinajstić information content (AvgIpc) is 2.52. The smallest absolute Gasteiger partial charge is 0.328 e. The van der Waals surface area contributed by atoms with Crippen molar-refractivity contribution >= 4 is 17.7 Å². The van der Waals surface area contributed by atoms with Crippen molar-refractivity contribution < 1.29 is 14.7 Å². The molecule has 0 radical (unpaired) electrons. The third-order valence-corrected chi connectivity index (χ3v) is 3.70. The van der Waals surface area contributed by atoms with E-state index in [0.29, 0.717) is 26.2 Å². The Morgan fingerprint density at radius 1 is 1.09 bits per heavy atom. The summed E-state index contributed by atoms with van der Waals surface area (Å²) in [6, 6.07) is 6.45. The van der Waals surface area contributed by atoms with Gasteiger partial charge in [0.25, 0.3) is 0 Å². The van der Waals surface area contributed by atoms with Gasteiger partial charge in [-0.3, -0.25) is 0 Å². The van der Waals surface area contributed by atoms with E-state index in [9.17, 15) is 14.7 Å². The highest BCUT2D eigenvalue weighted by Crippen LogP contribution is 2.21. The van der Waals surface area contributed by atoms with Crippen LogP contribution in [-0.2, 0) is 0 Å². The number of urea groups is 2. The Kier molecular flexibility index (Phi) is 4.75. The highest BCUT2D eigenvalue weighted by Gasteiger charge is 2.27. The highest BCUT2D eigenvalue weighted by atomic mass is 16.3. The molecule has 1 heterocycles.